The largest absolute Gasteiger partial charge is 0.537 e. The number of hydrogen-bond acceptors (Lipinski definition) is 9. The molecule has 13 heteroatoms. The van der Waals surface area contributed by atoms with Gasteiger partial charge in [0.15, 0.2) is 0 Å². The Morgan fingerprint density at radius 2 is 1.68 bits per heavy atom. The highest BCUT2D eigenvalue weighted by Crippen LogP contribution is 2.29. The van der Waals surface area contributed by atoms with Crippen LogP contribution in [0.2, 0.25) is 0 Å². The second-order valence-corrected chi connectivity index (χ2v) is 9.83. The molecule has 3 aliphatic rings. The molecular weight excluding hydrogens is 488 g/mol. The van der Waals surface area contributed by atoms with Gasteiger partial charge in [0.1, 0.15) is 0 Å². The van der Waals surface area contributed by atoms with Gasteiger partial charge in [-0.05, 0) is 51.4 Å². The standard InChI is InChI=1S/C24H36N4O9/c1-14-18(27-23(33)26-14)5-3-4-6-19(29)25-13-16-7-9-17(10-8-16)22(32)35-15(2)36-24(34)37-28-20(30)11-12-21(28)31/h14-18H,3-13H2,1-2H3,(H,25,29)(H2,26,27,33). The maximum Gasteiger partial charge on any atom is 0.537 e. The van der Waals surface area contributed by atoms with E-state index in [-0.39, 0.29) is 48.7 Å². The number of carbonyl (C=O) groups excluding carboxylic acids is 6. The predicted molar refractivity (Wildman–Crippen MR) is 126 cm³/mol. The second kappa shape index (κ2) is 13.2. The average molecular weight is 525 g/mol. The van der Waals surface area contributed by atoms with Gasteiger partial charge in [-0.15, -0.1) is 0 Å². The molecule has 3 atom stereocenters. The van der Waals surface area contributed by atoms with Crippen molar-refractivity contribution in [2.45, 2.75) is 96.4 Å². The topological polar surface area (TPSA) is 169 Å². The summed E-state index contributed by atoms with van der Waals surface area (Å²) in [6.07, 6.45) is 2.93. The number of nitrogens with one attached hydrogen (secondary N) is 3. The van der Waals surface area contributed by atoms with Crippen LogP contribution < -0.4 is 16.0 Å². The van der Waals surface area contributed by atoms with Crippen molar-refractivity contribution in [3.63, 3.8) is 0 Å². The van der Waals surface area contributed by atoms with Crippen molar-refractivity contribution in [2.75, 3.05) is 6.54 Å². The van der Waals surface area contributed by atoms with Crippen LogP contribution in [0.4, 0.5) is 9.59 Å². The van der Waals surface area contributed by atoms with Crippen LogP contribution in [0.3, 0.4) is 0 Å². The second-order valence-electron chi connectivity index (χ2n) is 9.83. The van der Waals surface area contributed by atoms with Crippen molar-refractivity contribution < 1.29 is 43.1 Å². The van der Waals surface area contributed by atoms with E-state index < -0.39 is 30.2 Å². The number of imide groups is 1. The van der Waals surface area contributed by atoms with Crippen LogP contribution in [0.15, 0.2) is 0 Å². The highest BCUT2D eigenvalue weighted by atomic mass is 16.9. The monoisotopic (exact) mass is 524 g/mol. The summed E-state index contributed by atoms with van der Waals surface area (Å²) in [5.41, 5.74) is 0. The molecule has 2 heterocycles. The third-order valence-corrected chi connectivity index (χ3v) is 6.93. The molecule has 2 saturated heterocycles. The number of carbonyl (C=O) groups is 6. The molecule has 0 bridgehead atoms. The summed E-state index contributed by atoms with van der Waals surface area (Å²) in [6.45, 7) is 3.85. The molecule has 3 rings (SSSR count). The lowest BCUT2D eigenvalue weighted by Crippen LogP contribution is -2.35. The Kier molecular flexibility index (Phi) is 10.1. The third-order valence-electron chi connectivity index (χ3n) is 6.93. The summed E-state index contributed by atoms with van der Waals surface area (Å²) >= 11 is 0. The molecular formula is C24H36N4O9. The van der Waals surface area contributed by atoms with Gasteiger partial charge in [0.25, 0.3) is 11.8 Å². The number of unbranched alkanes of at least 4 members (excludes halogenated alkanes) is 1. The first kappa shape index (κ1) is 28.2. The molecule has 2 aliphatic heterocycles. The smallest absolute Gasteiger partial charge is 0.425 e. The number of hydroxylamine groups is 2. The summed E-state index contributed by atoms with van der Waals surface area (Å²) < 4.78 is 9.99. The quantitative estimate of drug-likeness (QED) is 0.157. The molecule has 5 amide bonds. The summed E-state index contributed by atoms with van der Waals surface area (Å²) in [7, 11) is 0. The summed E-state index contributed by atoms with van der Waals surface area (Å²) in [4.78, 5) is 75.2. The van der Waals surface area contributed by atoms with Crippen LogP contribution in [-0.4, -0.2) is 65.9 Å². The lowest BCUT2D eigenvalue weighted by atomic mass is 9.82. The summed E-state index contributed by atoms with van der Waals surface area (Å²) in [5, 5.41) is 9.00. The maximum absolute atomic E-state index is 12.4. The Bertz CT molecular complexity index is 871. The molecule has 1 saturated carbocycles. The van der Waals surface area contributed by atoms with Crippen LogP contribution in [0, 0.1) is 11.8 Å². The molecule has 3 fully saturated rings. The molecule has 0 radical (unpaired) electrons. The van der Waals surface area contributed by atoms with E-state index in [2.05, 4.69) is 20.8 Å². The molecule has 3 unspecified atom stereocenters. The molecule has 3 N–H and O–H groups in total. The Hall–Kier alpha value is -3.38. The Balaban J connectivity index is 1.24. The van der Waals surface area contributed by atoms with E-state index in [9.17, 15) is 28.8 Å². The van der Waals surface area contributed by atoms with E-state index in [1.54, 1.807) is 0 Å². The van der Waals surface area contributed by atoms with Crippen LogP contribution in [0.25, 0.3) is 0 Å². The zero-order valence-electron chi connectivity index (χ0n) is 21.3. The number of rotatable bonds is 11. The number of ether oxygens (including phenoxy) is 2. The molecule has 13 nitrogen and oxygen atoms in total. The molecule has 0 aromatic rings. The number of hydrogen-bond donors (Lipinski definition) is 3. The van der Waals surface area contributed by atoms with Gasteiger partial charge in [0.2, 0.25) is 12.2 Å². The molecule has 1 aliphatic carbocycles. The van der Waals surface area contributed by atoms with Crippen LogP contribution in [0.1, 0.15) is 78.1 Å². The van der Waals surface area contributed by atoms with Crippen LogP contribution >= 0.6 is 0 Å². The predicted octanol–water partition coefficient (Wildman–Crippen LogP) is 1.65. The van der Waals surface area contributed by atoms with Gasteiger partial charge in [-0.1, -0.05) is 11.5 Å². The van der Waals surface area contributed by atoms with E-state index in [1.807, 2.05) is 6.92 Å². The fraction of sp³-hybridized carbons (Fsp3) is 0.750. The minimum absolute atomic E-state index is 0.00152. The number of amides is 5. The SMILES string of the molecule is CC(OC(=O)ON1C(=O)CCC1=O)OC(=O)C1CCC(CNC(=O)CCCCC2NC(=O)NC2C)CC1. The first-order valence-corrected chi connectivity index (χ1v) is 12.9. The van der Waals surface area contributed by atoms with Crippen molar-refractivity contribution in [3.05, 3.63) is 0 Å². The molecule has 206 valence electrons. The van der Waals surface area contributed by atoms with Gasteiger partial charge in [0, 0.05) is 38.8 Å². The van der Waals surface area contributed by atoms with E-state index in [4.69, 9.17) is 9.47 Å². The Labute approximate surface area is 215 Å². The Morgan fingerprint density at radius 3 is 2.30 bits per heavy atom. The van der Waals surface area contributed by atoms with E-state index in [1.165, 1.54) is 6.92 Å². The van der Waals surface area contributed by atoms with Gasteiger partial charge in [-0.2, -0.15) is 0 Å². The summed E-state index contributed by atoms with van der Waals surface area (Å²) in [5.74, 6) is -1.85. The fourth-order valence-electron chi connectivity index (χ4n) is 4.74. The van der Waals surface area contributed by atoms with E-state index >= 15 is 0 Å². The van der Waals surface area contributed by atoms with Crippen molar-refractivity contribution in [1.29, 1.82) is 0 Å². The van der Waals surface area contributed by atoms with Gasteiger partial charge in [-0.25, -0.2) is 9.59 Å². The number of urea groups is 1. The highest BCUT2D eigenvalue weighted by molar-refractivity contribution is 6.01. The lowest BCUT2D eigenvalue weighted by molar-refractivity contribution is -0.193. The van der Waals surface area contributed by atoms with Gasteiger partial charge in [0.05, 0.1) is 12.0 Å². The molecule has 0 aromatic heterocycles. The van der Waals surface area contributed by atoms with Gasteiger partial charge >= 0.3 is 18.2 Å². The zero-order chi connectivity index (χ0) is 26.9. The van der Waals surface area contributed by atoms with Gasteiger partial charge < -0.3 is 25.4 Å². The maximum atomic E-state index is 12.4. The molecule has 0 aromatic carbocycles. The zero-order valence-corrected chi connectivity index (χ0v) is 21.3. The highest BCUT2D eigenvalue weighted by Gasteiger charge is 2.35. The van der Waals surface area contributed by atoms with Crippen molar-refractivity contribution >= 4 is 35.9 Å². The van der Waals surface area contributed by atoms with Crippen LogP contribution in [-0.2, 0) is 33.5 Å². The first-order valence-electron chi connectivity index (χ1n) is 12.9. The van der Waals surface area contributed by atoms with Crippen LogP contribution in [0.5, 0.6) is 0 Å². The van der Waals surface area contributed by atoms with Gasteiger partial charge in [-0.3, -0.25) is 24.0 Å². The van der Waals surface area contributed by atoms with Crippen molar-refractivity contribution in [2.24, 2.45) is 11.8 Å². The van der Waals surface area contributed by atoms with Crippen molar-refractivity contribution in [1.82, 2.24) is 21.0 Å². The minimum atomic E-state index is -1.31. The first-order chi connectivity index (χ1) is 17.6. The minimum Gasteiger partial charge on any atom is -0.425 e. The number of nitrogens with zero attached hydrogens (tertiary/aromatic N) is 1. The van der Waals surface area contributed by atoms with Crippen molar-refractivity contribution in [3.8, 4) is 0 Å². The molecule has 0 spiro atoms. The third kappa shape index (κ3) is 8.60. The Morgan fingerprint density at radius 1 is 1.00 bits per heavy atom. The number of esters is 1. The molecule has 37 heavy (non-hydrogen) atoms. The summed E-state index contributed by atoms with van der Waals surface area (Å²) in [6, 6.07) is 0.0582. The lowest BCUT2D eigenvalue weighted by Gasteiger charge is -2.28. The van der Waals surface area contributed by atoms with E-state index in [0.717, 1.165) is 32.1 Å². The normalized spacial score (nSPS) is 26.2. The fourth-order valence-corrected chi connectivity index (χ4v) is 4.74. The average Bonchev–Trinajstić information content (AvgIpc) is 3.34. The van der Waals surface area contributed by atoms with E-state index in [0.29, 0.717) is 30.9 Å².